The quantitative estimate of drug-likeness (QED) is 0.681. The lowest BCUT2D eigenvalue weighted by Crippen LogP contribution is -2.10. The first kappa shape index (κ1) is 14.7. The Morgan fingerprint density at radius 2 is 1.70 bits per heavy atom. The van der Waals surface area contributed by atoms with Crippen LogP contribution < -0.4 is 10.5 Å². The molecule has 0 saturated heterocycles. The highest BCUT2D eigenvalue weighted by Crippen LogP contribution is 2.29. The van der Waals surface area contributed by atoms with E-state index in [2.05, 4.69) is 12.2 Å². The molecule has 2 aromatic carbocycles. The van der Waals surface area contributed by atoms with Crippen LogP contribution in [0.3, 0.4) is 0 Å². The molecule has 2 aromatic rings. The predicted molar refractivity (Wildman–Crippen MR) is 80.5 cm³/mol. The molecule has 2 rings (SSSR count). The summed E-state index contributed by atoms with van der Waals surface area (Å²) in [5.74, 6) is -1.81. The standard InChI is InChI=1S/C14H11F2NOS2/c1-20-10-4-2-9(3-5-10)18-13-11(15)6-8(14(17)19)7-12(13)16/h2-7H,1H3,(H2,17,19). The van der Waals surface area contributed by atoms with Crippen molar-refractivity contribution >= 4 is 29.0 Å². The van der Waals surface area contributed by atoms with Gasteiger partial charge in [0.1, 0.15) is 10.7 Å². The third-order valence-corrected chi connectivity index (χ3v) is 3.54. The molecule has 0 amide bonds. The van der Waals surface area contributed by atoms with Crippen molar-refractivity contribution in [3.63, 3.8) is 0 Å². The van der Waals surface area contributed by atoms with Gasteiger partial charge in [0.15, 0.2) is 17.4 Å². The highest BCUT2D eigenvalue weighted by Gasteiger charge is 2.14. The summed E-state index contributed by atoms with van der Waals surface area (Å²) in [4.78, 5) is 0.959. The first-order valence-corrected chi connectivity index (χ1v) is 7.25. The molecule has 0 aliphatic carbocycles. The molecule has 2 N–H and O–H groups in total. The normalized spacial score (nSPS) is 10.3. The van der Waals surface area contributed by atoms with Crippen LogP contribution in [-0.4, -0.2) is 11.2 Å². The van der Waals surface area contributed by atoms with Gasteiger partial charge in [-0.05, 0) is 42.7 Å². The summed E-state index contributed by atoms with van der Waals surface area (Å²) in [6, 6.07) is 9.00. The van der Waals surface area contributed by atoms with Gasteiger partial charge in [-0.25, -0.2) is 8.78 Å². The fraction of sp³-hybridized carbons (Fsp3) is 0.0714. The van der Waals surface area contributed by atoms with E-state index in [4.69, 9.17) is 10.5 Å². The zero-order valence-corrected chi connectivity index (χ0v) is 12.2. The Morgan fingerprint density at radius 1 is 1.15 bits per heavy atom. The minimum Gasteiger partial charge on any atom is -0.451 e. The van der Waals surface area contributed by atoms with E-state index in [0.29, 0.717) is 5.75 Å². The summed E-state index contributed by atoms with van der Waals surface area (Å²) in [6.07, 6.45) is 1.93. The minimum absolute atomic E-state index is 0.0707. The Kier molecular flexibility index (Phi) is 4.57. The maximum Gasteiger partial charge on any atom is 0.198 e. The molecule has 0 atom stereocenters. The van der Waals surface area contributed by atoms with Crippen molar-refractivity contribution in [2.45, 2.75) is 4.90 Å². The van der Waals surface area contributed by atoms with E-state index in [-0.39, 0.29) is 10.6 Å². The predicted octanol–water partition coefficient (Wildman–Crippen LogP) is 4.11. The number of hydrogen-bond acceptors (Lipinski definition) is 3. The van der Waals surface area contributed by atoms with Crippen LogP contribution in [0, 0.1) is 11.6 Å². The molecular formula is C14H11F2NOS2. The molecule has 20 heavy (non-hydrogen) atoms. The largest absolute Gasteiger partial charge is 0.451 e. The van der Waals surface area contributed by atoms with Crippen LogP contribution in [0.15, 0.2) is 41.3 Å². The van der Waals surface area contributed by atoms with E-state index >= 15 is 0 Å². The average molecular weight is 311 g/mol. The van der Waals surface area contributed by atoms with Crippen LogP contribution in [0.1, 0.15) is 5.56 Å². The Morgan fingerprint density at radius 3 is 2.15 bits per heavy atom. The number of ether oxygens (including phenoxy) is 1. The third-order valence-electron chi connectivity index (χ3n) is 2.56. The number of nitrogens with two attached hydrogens (primary N) is 1. The first-order chi connectivity index (χ1) is 9.51. The number of thiocarbonyl (C=S) groups is 1. The number of benzene rings is 2. The van der Waals surface area contributed by atoms with E-state index in [0.717, 1.165) is 17.0 Å². The fourth-order valence-corrected chi connectivity index (χ4v) is 2.09. The van der Waals surface area contributed by atoms with Gasteiger partial charge in [-0.3, -0.25) is 0 Å². The summed E-state index contributed by atoms with van der Waals surface area (Å²) in [5.41, 5.74) is 5.47. The topological polar surface area (TPSA) is 35.2 Å². The first-order valence-electron chi connectivity index (χ1n) is 5.62. The second-order valence-electron chi connectivity index (χ2n) is 3.91. The Labute approximate surface area is 124 Å². The number of halogens is 2. The Bertz CT molecular complexity index is 621. The van der Waals surface area contributed by atoms with Crippen molar-refractivity contribution < 1.29 is 13.5 Å². The summed E-state index contributed by atoms with van der Waals surface area (Å²) in [6.45, 7) is 0. The molecule has 104 valence electrons. The van der Waals surface area contributed by atoms with E-state index < -0.39 is 17.4 Å². The molecule has 0 fully saturated rings. The second kappa shape index (κ2) is 6.19. The van der Waals surface area contributed by atoms with Gasteiger partial charge >= 0.3 is 0 Å². The maximum absolute atomic E-state index is 13.8. The Balaban J connectivity index is 2.30. The van der Waals surface area contributed by atoms with Crippen molar-refractivity contribution in [1.82, 2.24) is 0 Å². The van der Waals surface area contributed by atoms with E-state index in [1.807, 2.05) is 6.26 Å². The molecule has 6 heteroatoms. The van der Waals surface area contributed by atoms with Gasteiger partial charge in [0.25, 0.3) is 0 Å². The van der Waals surface area contributed by atoms with Gasteiger partial charge < -0.3 is 10.5 Å². The van der Waals surface area contributed by atoms with Gasteiger partial charge in [0.2, 0.25) is 0 Å². The Hall–Kier alpha value is -1.66. The molecule has 0 unspecified atom stereocenters. The molecule has 0 saturated carbocycles. The fourth-order valence-electron chi connectivity index (χ4n) is 1.56. The van der Waals surface area contributed by atoms with Gasteiger partial charge in [0, 0.05) is 10.5 Å². The molecule has 0 spiro atoms. The van der Waals surface area contributed by atoms with Crippen LogP contribution in [-0.2, 0) is 0 Å². The zero-order chi connectivity index (χ0) is 14.7. The van der Waals surface area contributed by atoms with Crippen LogP contribution in [0.5, 0.6) is 11.5 Å². The smallest absolute Gasteiger partial charge is 0.198 e. The van der Waals surface area contributed by atoms with Crippen molar-refractivity contribution in [2.24, 2.45) is 5.73 Å². The summed E-state index contributed by atoms with van der Waals surface area (Å²) < 4.78 is 32.9. The highest BCUT2D eigenvalue weighted by molar-refractivity contribution is 7.98. The lowest BCUT2D eigenvalue weighted by molar-refractivity contribution is 0.407. The maximum atomic E-state index is 13.8. The molecule has 0 heterocycles. The van der Waals surface area contributed by atoms with Gasteiger partial charge in [-0.1, -0.05) is 12.2 Å². The van der Waals surface area contributed by atoms with Crippen molar-refractivity contribution in [1.29, 1.82) is 0 Å². The molecule has 0 radical (unpaired) electrons. The average Bonchev–Trinajstić information content (AvgIpc) is 2.43. The van der Waals surface area contributed by atoms with Gasteiger partial charge in [-0.2, -0.15) is 0 Å². The molecule has 0 aliphatic heterocycles. The van der Waals surface area contributed by atoms with Crippen LogP contribution in [0.25, 0.3) is 0 Å². The number of hydrogen-bond donors (Lipinski definition) is 1. The van der Waals surface area contributed by atoms with Gasteiger partial charge in [-0.15, -0.1) is 11.8 Å². The molecule has 0 bridgehead atoms. The van der Waals surface area contributed by atoms with Crippen molar-refractivity contribution in [2.75, 3.05) is 6.26 Å². The summed E-state index contributed by atoms with van der Waals surface area (Å²) >= 11 is 6.25. The van der Waals surface area contributed by atoms with Crippen molar-refractivity contribution in [3.05, 3.63) is 53.6 Å². The number of rotatable bonds is 4. The zero-order valence-electron chi connectivity index (χ0n) is 10.5. The van der Waals surface area contributed by atoms with Gasteiger partial charge in [0.05, 0.1) is 0 Å². The van der Waals surface area contributed by atoms with E-state index in [9.17, 15) is 8.78 Å². The van der Waals surface area contributed by atoms with Crippen LogP contribution in [0.4, 0.5) is 8.78 Å². The molecule has 2 nitrogen and oxygen atoms in total. The van der Waals surface area contributed by atoms with Crippen molar-refractivity contribution in [3.8, 4) is 11.5 Å². The minimum atomic E-state index is -0.846. The SMILES string of the molecule is CSc1ccc(Oc2c(F)cc(C(N)=S)cc2F)cc1. The molecule has 0 aromatic heterocycles. The molecule has 0 aliphatic rings. The second-order valence-corrected chi connectivity index (χ2v) is 5.23. The van der Waals surface area contributed by atoms with Crippen LogP contribution in [0.2, 0.25) is 0 Å². The van der Waals surface area contributed by atoms with Crippen LogP contribution >= 0.6 is 24.0 Å². The lowest BCUT2D eigenvalue weighted by Gasteiger charge is -2.09. The number of thioether (sulfide) groups is 1. The van der Waals surface area contributed by atoms with E-state index in [1.165, 1.54) is 0 Å². The summed E-state index contributed by atoms with van der Waals surface area (Å²) in [5, 5.41) is 0. The monoisotopic (exact) mass is 311 g/mol. The highest BCUT2D eigenvalue weighted by atomic mass is 32.2. The summed E-state index contributed by atoms with van der Waals surface area (Å²) in [7, 11) is 0. The van der Waals surface area contributed by atoms with E-state index in [1.54, 1.807) is 36.0 Å². The lowest BCUT2D eigenvalue weighted by atomic mass is 10.2. The third kappa shape index (κ3) is 3.26. The molecular weight excluding hydrogens is 300 g/mol.